The Bertz CT molecular complexity index is 444. The molecule has 4 bridgehead atoms. The summed E-state index contributed by atoms with van der Waals surface area (Å²) >= 11 is 0. The van der Waals surface area contributed by atoms with E-state index >= 15 is 0 Å². The molecule has 0 saturated heterocycles. The number of ether oxygens (including phenoxy) is 1. The molecule has 0 radical (unpaired) electrons. The van der Waals surface area contributed by atoms with Crippen LogP contribution in [0, 0.1) is 23.2 Å². The molecule has 1 N–H and O–H groups in total. The number of aliphatic hydroxyl groups is 1. The van der Waals surface area contributed by atoms with Gasteiger partial charge >= 0.3 is 5.97 Å². The molecular formula is C19H32O3. The van der Waals surface area contributed by atoms with Crippen LogP contribution < -0.4 is 0 Å². The van der Waals surface area contributed by atoms with Crippen LogP contribution in [0.4, 0.5) is 0 Å². The summed E-state index contributed by atoms with van der Waals surface area (Å²) in [5.41, 5.74) is -0.938. The minimum absolute atomic E-state index is 0.0102. The van der Waals surface area contributed by atoms with Crippen LogP contribution in [0.1, 0.15) is 79.1 Å². The molecule has 3 nitrogen and oxygen atoms in total. The van der Waals surface area contributed by atoms with Crippen LogP contribution in [0.5, 0.6) is 0 Å². The lowest BCUT2D eigenvalue weighted by molar-refractivity contribution is -0.239. The van der Waals surface area contributed by atoms with Gasteiger partial charge in [0.05, 0.1) is 11.5 Å². The SMILES string of the molecule is CCC(C)C(=O)OC(C)(CC)C12CC3CC(CC(O)(C3)C1)C2. The molecule has 4 saturated carbocycles. The van der Waals surface area contributed by atoms with Gasteiger partial charge in [-0.15, -0.1) is 0 Å². The summed E-state index contributed by atoms with van der Waals surface area (Å²) in [6, 6.07) is 0. The Labute approximate surface area is 134 Å². The maximum absolute atomic E-state index is 12.4. The van der Waals surface area contributed by atoms with Crippen LogP contribution >= 0.6 is 0 Å². The van der Waals surface area contributed by atoms with Gasteiger partial charge in [0.1, 0.15) is 5.60 Å². The predicted molar refractivity (Wildman–Crippen MR) is 86.3 cm³/mol. The lowest BCUT2D eigenvalue weighted by Crippen LogP contribution is -2.63. The standard InChI is InChI=1S/C19H32O3/c1-5-13(3)16(20)22-17(4,6-2)18-8-14-7-15(9-18)11-19(21,10-14)12-18/h13-15,21H,5-12H2,1-4H3. The normalized spacial score (nSPS) is 43.7. The zero-order valence-electron chi connectivity index (χ0n) is 14.7. The van der Waals surface area contributed by atoms with E-state index in [0.29, 0.717) is 11.8 Å². The van der Waals surface area contributed by atoms with Gasteiger partial charge in [-0.1, -0.05) is 20.8 Å². The zero-order chi connectivity index (χ0) is 16.2. The van der Waals surface area contributed by atoms with E-state index in [-0.39, 0.29) is 17.3 Å². The molecule has 0 aliphatic heterocycles. The molecule has 4 aliphatic rings. The van der Waals surface area contributed by atoms with E-state index in [1.54, 1.807) is 0 Å². The molecule has 0 aromatic heterocycles. The maximum Gasteiger partial charge on any atom is 0.309 e. The van der Waals surface area contributed by atoms with Crippen LogP contribution in [0.2, 0.25) is 0 Å². The average Bonchev–Trinajstić information content (AvgIpc) is 2.43. The fourth-order valence-corrected chi connectivity index (χ4v) is 5.88. The highest BCUT2D eigenvalue weighted by Crippen LogP contribution is 2.66. The summed E-state index contributed by atoms with van der Waals surface area (Å²) in [7, 11) is 0. The van der Waals surface area contributed by atoms with E-state index in [0.717, 1.165) is 44.9 Å². The summed E-state index contributed by atoms with van der Waals surface area (Å²) in [5.74, 6) is 1.15. The third kappa shape index (κ3) is 2.40. The third-order valence-corrected chi connectivity index (χ3v) is 7.17. The van der Waals surface area contributed by atoms with Gasteiger partial charge in [-0.25, -0.2) is 0 Å². The minimum Gasteiger partial charge on any atom is -0.459 e. The Hall–Kier alpha value is -0.570. The Balaban J connectivity index is 1.87. The number of hydrogen-bond donors (Lipinski definition) is 1. The minimum atomic E-state index is -0.497. The second-order valence-electron chi connectivity index (χ2n) is 8.78. The summed E-state index contributed by atoms with van der Waals surface area (Å²) in [6.45, 7) is 8.24. The van der Waals surface area contributed by atoms with Crippen molar-refractivity contribution in [3.8, 4) is 0 Å². The Morgan fingerprint density at radius 3 is 2.32 bits per heavy atom. The molecule has 4 rings (SSSR count). The van der Waals surface area contributed by atoms with E-state index in [9.17, 15) is 9.90 Å². The molecule has 4 unspecified atom stereocenters. The summed E-state index contributed by atoms with van der Waals surface area (Å²) in [6.07, 6.45) is 7.93. The summed E-state index contributed by atoms with van der Waals surface area (Å²) in [4.78, 5) is 12.4. The van der Waals surface area contributed by atoms with Crippen molar-refractivity contribution in [2.24, 2.45) is 23.2 Å². The number of rotatable bonds is 5. The van der Waals surface area contributed by atoms with Crippen LogP contribution in [0.15, 0.2) is 0 Å². The quantitative estimate of drug-likeness (QED) is 0.779. The fraction of sp³-hybridized carbons (Fsp3) is 0.947. The molecule has 0 aromatic rings. The van der Waals surface area contributed by atoms with Crippen LogP contribution in [0.3, 0.4) is 0 Å². The lowest BCUT2D eigenvalue weighted by Gasteiger charge is -2.64. The van der Waals surface area contributed by atoms with Gasteiger partial charge in [0, 0.05) is 5.41 Å². The van der Waals surface area contributed by atoms with Crippen molar-refractivity contribution < 1.29 is 14.6 Å². The molecule has 4 aliphatic carbocycles. The molecule has 4 atom stereocenters. The van der Waals surface area contributed by atoms with Crippen molar-refractivity contribution in [3.05, 3.63) is 0 Å². The summed E-state index contributed by atoms with van der Waals surface area (Å²) < 4.78 is 6.12. The number of carbonyl (C=O) groups is 1. The van der Waals surface area contributed by atoms with Gasteiger partial charge in [0.15, 0.2) is 0 Å². The highest BCUT2D eigenvalue weighted by Gasteiger charge is 2.64. The first kappa shape index (κ1) is 16.3. The van der Waals surface area contributed by atoms with Gasteiger partial charge < -0.3 is 9.84 Å². The van der Waals surface area contributed by atoms with E-state index in [1.165, 1.54) is 6.42 Å². The number of carbonyl (C=O) groups excluding carboxylic acids is 1. The highest BCUT2D eigenvalue weighted by atomic mass is 16.6. The first-order valence-corrected chi connectivity index (χ1v) is 9.20. The molecule has 3 heteroatoms. The van der Waals surface area contributed by atoms with Crippen molar-refractivity contribution in [3.63, 3.8) is 0 Å². The first-order valence-electron chi connectivity index (χ1n) is 9.20. The topological polar surface area (TPSA) is 46.5 Å². The van der Waals surface area contributed by atoms with Crippen molar-refractivity contribution in [2.75, 3.05) is 0 Å². The van der Waals surface area contributed by atoms with Gasteiger partial charge in [-0.05, 0) is 70.1 Å². The lowest BCUT2D eigenvalue weighted by atomic mass is 9.44. The Morgan fingerprint density at radius 1 is 1.27 bits per heavy atom. The van der Waals surface area contributed by atoms with Crippen molar-refractivity contribution in [2.45, 2.75) is 90.3 Å². The predicted octanol–water partition coefficient (Wildman–Crippen LogP) is 4.08. The van der Waals surface area contributed by atoms with Crippen molar-refractivity contribution in [1.82, 2.24) is 0 Å². The van der Waals surface area contributed by atoms with E-state index in [1.807, 2.05) is 13.8 Å². The highest BCUT2D eigenvalue weighted by molar-refractivity contribution is 5.72. The second kappa shape index (κ2) is 5.22. The van der Waals surface area contributed by atoms with E-state index < -0.39 is 11.2 Å². The molecule has 0 amide bonds. The third-order valence-electron chi connectivity index (χ3n) is 7.17. The van der Waals surface area contributed by atoms with Crippen molar-refractivity contribution >= 4 is 5.97 Å². The van der Waals surface area contributed by atoms with Gasteiger partial charge in [0.2, 0.25) is 0 Å². The van der Waals surface area contributed by atoms with E-state index in [4.69, 9.17) is 4.74 Å². The van der Waals surface area contributed by atoms with E-state index in [2.05, 4.69) is 13.8 Å². The Morgan fingerprint density at radius 2 is 1.86 bits per heavy atom. The van der Waals surface area contributed by atoms with Crippen LogP contribution in [-0.4, -0.2) is 22.3 Å². The Kier molecular flexibility index (Phi) is 3.87. The number of esters is 1. The van der Waals surface area contributed by atoms with Crippen LogP contribution in [0.25, 0.3) is 0 Å². The molecule has 126 valence electrons. The fourth-order valence-electron chi connectivity index (χ4n) is 5.88. The molecular weight excluding hydrogens is 276 g/mol. The molecule has 22 heavy (non-hydrogen) atoms. The second-order valence-corrected chi connectivity index (χ2v) is 8.78. The van der Waals surface area contributed by atoms with Crippen LogP contribution in [-0.2, 0) is 9.53 Å². The van der Waals surface area contributed by atoms with Gasteiger partial charge in [-0.2, -0.15) is 0 Å². The smallest absolute Gasteiger partial charge is 0.309 e. The average molecular weight is 308 g/mol. The van der Waals surface area contributed by atoms with Gasteiger partial charge in [-0.3, -0.25) is 4.79 Å². The molecule has 0 aromatic carbocycles. The monoisotopic (exact) mass is 308 g/mol. The number of hydrogen-bond acceptors (Lipinski definition) is 3. The van der Waals surface area contributed by atoms with Crippen molar-refractivity contribution in [1.29, 1.82) is 0 Å². The largest absolute Gasteiger partial charge is 0.459 e. The summed E-state index contributed by atoms with van der Waals surface area (Å²) in [5, 5.41) is 11.0. The molecule has 0 heterocycles. The maximum atomic E-state index is 12.4. The molecule has 0 spiro atoms. The van der Waals surface area contributed by atoms with Gasteiger partial charge in [0.25, 0.3) is 0 Å². The zero-order valence-corrected chi connectivity index (χ0v) is 14.7. The molecule has 4 fully saturated rings. The first-order chi connectivity index (χ1) is 10.2.